The Balaban J connectivity index is 2.19. The summed E-state index contributed by atoms with van der Waals surface area (Å²) in [5.74, 6) is -0.279. The zero-order valence-corrected chi connectivity index (χ0v) is 11.6. The van der Waals surface area contributed by atoms with E-state index in [0.717, 1.165) is 13.0 Å². The van der Waals surface area contributed by atoms with Gasteiger partial charge in [0.15, 0.2) is 0 Å². The van der Waals surface area contributed by atoms with E-state index in [1.165, 1.54) is 12.7 Å². The van der Waals surface area contributed by atoms with Gasteiger partial charge in [-0.1, -0.05) is 0 Å². The first-order valence-electron chi connectivity index (χ1n) is 6.44. The summed E-state index contributed by atoms with van der Waals surface area (Å²) in [4.78, 5) is 17.0. The van der Waals surface area contributed by atoms with Crippen LogP contribution in [0, 0.1) is 0 Å². The molecule has 0 aromatic carbocycles. The van der Waals surface area contributed by atoms with Gasteiger partial charge in [-0.3, -0.25) is 9.78 Å². The molecule has 0 fully saturated rings. The topological polar surface area (TPSA) is 62.7 Å². The number of carbonyl (C=O) groups is 1. The molecule has 1 N–H and O–H groups in total. The van der Waals surface area contributed by atoms with E-state index in [1.807, 2.05) is 19.2 Å². The van der Waals surface area contributed by atoms with E-state index in [4.69, 9.17) is 0 Å². The molecule has 0 bridgehead atoms. The third-order valence-corrected chi connectivity index (χ3v) is 2.96. The van der Waals surface area contributed by atoms with Gasteiger partial charge >= 0.3 is 5.97 Å². The van der Waals surface area contributed by atoms with Crippen LogP contribution in [-0.4, -0.2) is 54.3 Å². The molecule has 1 aromatic heterocycles. The van der Waals surface area contributed by atoms with Gasteiger partial charge in [-0.25, -0.2) is 0 Å². The number of aliphatic hydroxyl groups excluding tert-OH is 1. The first-order chi connectivity index (χ1) is 9.11. The molecule has 0 saturated heterocycles. The number of ether oxygens (including phenoxy) is 1. The fourth-order valence-corrected chi connectivity index (χ4v) is 1.80. The summed E-state index contributed by atoms with van der Waals surface area (Å²) in [5, 5.41) is 9.80. The molecule has 0 aliphatic rings. The van der Waals surface area contributed by atoms with E-state index in [1.54, 1.807) is 12.4 Å². The highest BCUT2D eigenvalue weighted by atomic mass is 16.5. The number of carbonyl (C=O) groups excluding carboxylic acids is 1. The standard InChI is InChI=1S/C14H22N2O3/c1-16(10-7-12-5-8-15-9-6-12)11-13(17)3-4-14(18)19-2/h5-6,8-9,13,17H,3-4,7,10-11H2,1-2H3. The van der Waals surface area contributed by atoms with Gasteiger partial charge in [0.1, 0.15) is 0 Å². The highest BCUT2D eigenvalue weighted by Crippen LogP contribution is 2.03. The Morgan fingerprint density at radius 3 is 2.79 bits per heavy atom. The van der Waals surface area contributed by atoms with Crippen molar-refractivity contribution < 1.29 is 14.6 Å². The summed E-state index contributed by atoms with van der Waals surface area (Å²) >= 11 is 0. The highest BCUT2D eigenvalue weighted by Gasteiger charge is 2.10. The summed E-state index contributed by atoms with van der Waals surface area (Å²) < 4.78 is 4.54. The average molecular weight is 266 g/mol. The number of esters is 1. The van der Waals surface area contributed by atoms with Crippen LogP contribution in [0.1, 0.15) is 18.4 Å². The lowest BCUT2D eigenvalue weighted by molar-refractivity contribution is -0.141. The van der Waals surface area contributed by atoms with Gasteiger partial charge in [0, 0.05) is 31.9 Å². The maximum atomic E-state index is 11.0. The van der Waals surface area contributed by atoms with Crippen molar-refractivity contribution in [3.8, 4) is 0 Å². The Labute approximate surface area is 114 Å². The maximum absolute atomic E-state index is 11.0. The van der Waals surface area contributed by atoms with Crippen LogP contribution >= 0.6 is 0 Å². The minimum atomic E-state index is -0.499. The van der Waals surface area contributed by atoms with E-state index in [9.17, 15) is 9.90 Å². The lowest BCUT2D eigenvalue weighted by Gasteiger charge is -2.20. The van der Waals surface area contributed by atoms with Gasteiger partial charge in [0.05, 0.1) is 13.2 Å². The third kappa shape index (κ3) is 6.88. The lowest BCUT2D eigenvalue weighted by Crippen LogP contribution is -2.31. The van der Waals surface area contributed by atoms with Gasteiger partial charge in [0.25, 0.3) is 0 Å². The van der Waals surface area contributed by atoms with Crippen LogP contribution in [0.2, 0.25) is 0 Å². The largest absolute Gasteiger partial charge is 0.469 e. The zero-order valence-electron chi connectivity index (χ0n) is 11.6. The second-order valence-corrected chi connectivity index (χ2v) is 4.64. The Morgan fingerprint density at radius 2 is 2.16 bits per heavy atom. The summed E-state index contributed by atoms with van der Waals surface area (Å²) in [6.07, 6.45) is 4.67. The highest BCUT2D eigenvalue weighted by molar-refractivity contribution is 5.69. The van der Waals surface area contributed by atoms with Crippen LogP contribution in [0.15, 0.2) is 24.5 Å². The molecule has 5 heteroatoms. The van der Waals surface area contributed by atoms with Crippen molar-refractivity contribution in [2.24, 2.45) is 0 Å². The molecule has 0 amide bonds. The molecule has 106 valence electrons. The van der Waals surface area contributed by atoms with Crippen molar-refractivity contribution in [1.82, 2.24) is 9.88 Å². The van der Waals surface area contributed by atoms with Crippen molar-refractivity contribution >= 4 is 5.97 Å². The molecule has 1 atom stereocenters. The zero-order chi connectivity index (χ0) is 14.1. The molecule has 1 heterocycles. The molecule has 0 aliphatic heterocycles. The Kier molecular flexibility index (Phi) is 7.07. The molecular weight excluding hydrogens is 244 g/mol. The number of hydrogen-bond donors (Lipinski definition) is 1. The minimum Gasteiger partial charge on any atom is -0.469 e. The summed E-state index contributed by atoms with van der Waals surface area (Å²) in [6, 6.07) is 3.98. The van der Waals surface area contributed by atoms with Crippen LogP contribution < -0.4 is 0 Å². The maximum Gasteiger partial charge on any atom is 0.305 e. The Bertz CT molecular complexity index is 370. The summed E-state index contributed by atoms with van der Waals surface area (Å²) in [6.45, 7) is 1.42. The van der Waals surface area contributed by atoms with Crippen LogP contribution in [0.5, 0.6) is 0 Å². The smallest absolute Gasteiger partial charge is 0.305 e. The number of likely N-dealkylation sites (N-methyl/N-ethyl adjacent to an activating group) is 1. The minimum absolute atomic E-state index is 0.260. The molecule has 0 aliphatic carbocycles. The number of methoxy groups -OCH3 is 1. The quantitative estimate of drug-likeness (QED) is 0.707. The van der Waals surface area contributed by atoms with E-state index >= 15 is 0 Å². The van der Waals surface area contributed by atoms with Crippen LogP contribution in [-0.2, 0) is 16.0 Å². The summed E-state index contributed by atoms with van der Waals surface area (Å²) in [7, 11) is 3.32. The van der Waals surface area contributed by atoms with Crippen LogP contribution in [0.25, 0.3) is 0 Å². The van der Waals surface area contributed by atoms with E-state index < -0.39 is 6.10 Å². The van der Waals surface area contributed by atoms with Crippen molar-refractivity contribution in [2.45, 2.75) is 25.4 Å². The Morgan fingerprint density at radius 1 is 1.47 bits per heavy atom. The molecule has 0 saturated carbocycles. The molecule has 5 nitrogen and oxygen atoms in total. The Hall–Kier alpha value is -1.46. The molecular formula is C14H22N2O3. The van der Waals surface area contributed by atoms with Crippen molar-refractivity contribution in [3.05, 3.63) is 30.1 Å². The van der Waals surface area contributed by atoms with Crippen molar-refractivity contribution in [1.29, 1.82) is 0 Å². The fraction of sp³-hybridized carbons (Fsp3) is 0.571. The average Bonchev–Trinajstić information content (AvgIpc) is 2.43. The summed E-state index contributed by atoms with van der Waals surface area (Å²) in [5.41, 5.74) is 1.23. The van der Waals surface area contributed by atoms with Crippen molar-refractivity contribution in [2.75, 3.05) is 27.2 Å². The van der Waals surface area contributed by atoms with Gasteiger partial charge in [-0.2, -0.15) is 0 Å². The molecule has 1 aromatic rings. The second-order valence-electron chi connectivity index (χ2n) is 4.64. The van der Waals surface area contributed by atoms with Crippen LogP contribution in [0.3, 0.4) is 0 Å². The lowest BCUT2D eigenvalue weighted by atomic mass is 10.1. The number of aliphatic hydroxyl groups is 1. The number of pyridine rings is 1. The predicted octanol–water partition coefficient (Wildman–Crippen LogP) is 0.870. The normalized spacial score (nSPS) is 12.4. The molecule has 1 rings (SSSR count). The number of nitrogens with zero attached hydrogens (tertiary/aromatic N) is 2. The second kappa shape index (κ2) is 8.61. The predicted molar refractivity (Wildman–Crippen MR) is 72.7 cm³/mol. The fourth-order valence-electron chi connectivity index (χ4n) is 1.80. The van der Waals surface area contributed by atoms with Gasteiger partial charge in [-0.15, -0.1) is 0 Å². The first-order valence-corrected chi connectivity index (χ1v) is 6.44. The molecule has 19 heavy (non-hydrogen) atoms. The van der Waals surface area contributed by atoms with E-state index in [2.05, 4.69) is 14.6 Å². The number of hydrogen-bond acceptors (Lipinski definition) is 5. The van der Waals surface area contributed by atoms with Crippen LogP contribution in [0.4, 0.5) is 0 Å². The SMILES string of the molecule is COC(=O)CCC(O)CN(C)CCc1ccncc1. The van der Waals surface area contributed by atoms with Crippen molar-refractivity contribution in [3.63, 3.8) is 0 Å². The van der Waals surface area contributed by atoms with Gasteiger partial charge < -0.3 is 14.7 Å². The molecule has 0 radical (unpaired) electrons. The van der Waals surface area contributed by atoms with E-state index in [0.29, 0.717) is 13.0 Å². The number of rotatable bonds is 8. The molecule has 0 spiro atoms. The molecule has 1 unspecified atom stereocenters. The third-order valence-electron chi connectivity index (χ3n) is 2.96. The van der Waals surface area contributed by atoms with Gasteiger partial charge in [0.2, 0.25) is 0 Å². The van der Waals surface area contributed by atoms with Gasteiger partial charge in [-0.05, 0) is 37.6 Å². The monoisotopic (exact) mass is 266 g/mol. The van der Waals surface area contributed by atoms with E-state index in [-0.39, 0.29) is 12.4 Å². The first kappa shape index (κ1) is 15.6. The number of aromatic nitrogens is 1.